The first kappa shape index (κ1) is 11.4. The minimum atomic E-state index is 0.652. The summed E-state index contributed by atoms with van der Waals surface area (Å²) in [6, 6.07) is 1.34. The van der Waals surface area contributed by atoms with E-state index in [0.29, 0.717) is 12.1 Å². The second-order valence-corrected chi connectivity index (χ2v) is 4.95. The normalized spacial score (nSPS) is 31.4. The van der Waals surface area contributed by atoms with Gasteiger partial charge in [0.25, 0.3) is 0 Å². The number of hydrogen-bond acceptors (Lipinski definition) is 3. The van der Waals surface area contributed by atoms with E-state index in [-0.39, 0.29) is 0 Å². The maximum Gasteiger partial charge on any atom is 0.0469 e. The fraction of sp³-hybridized carbons (Fsp3) is 1.00. The standard InChI is InChI=1S/C12H24N2O/c1-10(11-4-7-15-8-5-11)14-12-3-2-6-13-9-12/h10-14H,2-9H2,1H3. The molecular weight excluding hydrogens is 188 g/mol. The lowest BCUT2D eigenvalue weighted by atomic mass is 9.92. The summed E-state index contributed by atoms with van der Waals surface area (Å²) in [6.07, 6.45) is 5.11. The highest BCUT2D eigenvalue weighted by Crippen LogP contribution is 2.19. The van der Waals surface area contributed by atoms with E-state index in [0.717, 1.165) is 25.7 Å². The van der Waals surface area contributed by atoms with Crippen LogP contribution in [0.3, 0.4) is 0 Å². The van der Waals surface area contributed by atoms with Crippen molar-refractivity contribution in [1.82, 2.24) is 10.6 Å². The summed E-state index contributed by atoms with van der Waals surface area (Å²) in [5, 5.41) is 7.23. The Labute approximate surface area is 93.0 Å². The Bertz CT molecular complexity index is 174. The Kier molecular flexibility index (Phi) is 4.42. The van der Waals surface area contributed by atoms with Gasteiger partial charge in [-0.05, 0) is 45.1 Å². The van der Waals surface area contributed by atoms with E-state index < -0.39 is 0 Å². The van der Waals surface area contributed by atoms with Crippen LogP contribution in [0.2, 0.25) is 0 Å². The van der Waals surface area contributed by atoms with Gasteiger partial charge in [0.05, 0.1) is 0 Å². The molecule has 0 aromatic rings. The third-order valence-corrected chi connectivity index (χ3v) is 3.77. The molecule has 3 nitrogen and oxygen atoms in total. The van der Waals surface area contributed by atoms with Crippen molar-refractivity contribution in [3.8, 4) is 0 Å². The monoisotopic (exact) mass is 212 g/mol. The van der Waals surface area contributed by atoms with Gasteiger partial charge in [-0.25, -0.2) is 0 Å². The third-order valence-electron chi connectivity index (χ3n) is 3.77. The van der Waals surface area contributed by atoms with E-state index in [4.69, 9.17) is 4.74 Å². The zero-order chi connectivity index (χ0) is 10.5. The van der Waals surface area contributed by atoms with Crippen LogP contribution < -0.4 is 10.6 Å². The molecule has 2 fully saturated rings. The lowest BCUT2D eigenvalue weighted by Gasteiger charge is -2.33. The molecule has 0 bridgehead atoms. The quantitative estimate of drug-likeness (QED) is 0.736. The Balaban J connectivity index is 1.72. The summed E-state index contributed by atoms with van der Waals surface area (Å²) in [5.41, 5.74) is 0. The predicted octanol–water partition coefficient (Wildman–Crippen LogP) is 1.14. The molecule has 2 unspecified atom stereocenters. The molecule has 0 saturated carbocycles. The molecule has 2 N–H and O–H groups in total. The Morgan fingerprint density at radius 1 is 1.27 bits per heavy atom. The van der Waals surface area contributed by atoms with Crippen LogP contribution in [0, 0.1) is 5.92 Å². The molecule has 3 heteroatoms. The topological polar surface area (TPSA) is 33.3 Å². The minimum Gasteiger partial charge on any atom is -0.381 e. The molecule has 0 amide bonds. The van der Waals surface area contributed by atoms with Gasteiger partial charge < -0.3 is 15.4 Å². The average molecular weight is 212 g/mol. The average Bonchev–Trinajstić information content (AvgIpc) is 2.31. The second kappa shape index (κ2) is 5.83. The Morgan fingerprint density at radius 3 is 2.73 bits per heavy atom. The smallest absolute Gasteiger partial charge is 0.0469 e. The van der Waals surface area contributed by atoms with Crippen molar-refractivity contribution < 1.29 is 4.74 Å². The minimum absolute atomic E-state index is 0.652. The summed E-state index contributed by atoms with van der Waals surface area (Å²) in [5.74, 6) is 0.820. The van der Waals surface area contributed by atoms with Gasteiger partial charge in [0, 0.05) is 31.8 Å². The highest BCUT2D eigenvalue weighted by molar-refractivity contribution is 4.82. The van der Waals surface area contributed by atoms with Gasteiger partial charge in [0.15, 0.2) is 0 Å². The fourth-order valence-corrected chi connectivity index (χ4v) is 2.72. The van der Waals surface area contributed by atoms with Gasteiger partial charge in [-0.1, -0.05) is 0 Å². The highest BCUT2D eigenvalue weighted by atomic mass is 16.5. The lowest BCUT2D eigenvalue weighted by Crippen LogP contribution is -2.49. The number of ether oxygens (including phenoxy) is 1. The van der Waals surface area contributed by atoms with Crippen molar-refractivity contribution in [1.29, 1.82) is 0 Å². The molecule has 2 heterocycles. The maximum atomic E-state index is 5.40. The molecule has 2 aliphatic heterocycles. The molecule has 0 aliphatic carbocycles. The maximum absolute atomic E-state index is 5.40. The summed E-state index contributed by atoms with van der Waals surface area (Å²) in [4.78, 5) is 0. The lowest BCUT2D eigenvalue weighted by molar-refractivity contribution is 0.0539. The predicted molar refractivity (Wildman–Crippen MR) is 62.0 cm³/mol. The van der Waals surface area contributed by atoms with E-state index in [1.165, 1.54) is 32.2 Å². The van der Waals surface area contributed by atoms with Gasteiger partial charge in [0.2, 0.25) is 0 Å². The van der Waals surface area contributed by atoms with E-state index in [2.05, 4.69) is 17.6 Å². The Hall–Kier alpha value is -0.120. The van der Waals surface area contributed by atoms with E-state index >= 15 is 0 Å². The van der Waals surface area contributed by atoms with E-state index in [1.807, 2.05) is 0 Å². The summed E-state index contributed by atoms with van der Waals surface area (Å²) < 4.78 is 5.40. The molecule has 15 heavy (non-hydrogen) atoms. The van der Waals surface area contributed by atoms with Crippen LogP contribution >= 0.6 is 0 Å². The first-order chi connectivity index (χ1) is 7.36. The number of hydrogen-bond donors (Lipinski definition) is 2. The van der Waals surface area contributed by atoms with E-state index in [1.54, 1.807) is 0 Å². The fourth-order valence-electron chi connectivity index (χ4n) is 2.72. The molecule has 2 rings (SSSR count). The number of rotatable bonds is 3. The zero-order valence-corrected chi connectivity index (χ0v) is 9.80. The largest absolute Gasteiger partial charge is 0.381 e. The van der Waals surface area contributed by atoms with Crippen molar-refractivity contribution in [2.45, 2.75) is 44.7 Å². The van der Waals surface area contributed by atoms with Crippen LogP contribution in [-0.2, 0) is 4.74 Å². The molecule has 2 aliphatic rings. The molecule has 0 spiro atoms. The SMILES string of the molecule is CC(NC1CCCNC1)C1CCOCC1. The second-order valence-electron chi connectivity index (χ2n) is 4.95. The number of nitrogens with one attached hydrogen (secondary N) is 2. The van der Waals surface area contributed by atoms with Crippen molar-refractivity contribution in [3.63, 3.8) is 0 Å². The first-order valence-corrected chi connectivity index (χ1v) is 6.41. The van der Waals surface area contributed by atoms with Crippen molar-refractivity contribution >= 4 is 0 Å². The molecule has 2 saturated heterocycles. The van der Waals surface area contributed by atoms with Crippen LogP contribution in [0.25, 0.3) is 0 Å². The van der Waals surface area contributed by atoms with Gasteiger partial charge in [0.1, 0.15) is 0 Å². The molecule has 0 aromatic heterocycles. The van der Waals surface area contributed by atoms with Crippen molar-refractivity contribution in [2.24, 2.45) is 5.92 Å². The van der Waals surface area contributed by atoms with Crippen LogP contribution in [0.15, 0.2) is 0 Å². The number of piperidine rings is 1. The molecule has 2 atom stereocenters. The van der Waals surface area contributed by atoms with E-state index in [9.17, 15) is 0 Å². The Morgan fingerprint density at radius 2 is 2.07 bits per heavy atom. The van der Waals surface area contributed by atoms with Crippen molar-refractivity contribution in [2.75, 3.05) is 26.3 Å². The van der Waals surface area contributed by atoms with Crippen molar-refractivity contribution in [3.05, 3.63) is 0 Å². The van der Waals surface area contributed by atoms with Gasteiger partial charge in [-0.15, -0.1) is 0 Å². The van der Waals surface area contributed by atoms with Gasteiger partial charge >= 0.3 is 0 Å². The zero-order valence-electron chi connectivity index (χ0n) is 9.80. The molecule has 0 radical (unpaired) electrons. The summed E-state index contributed by atoms with van der Waals surface area (Å²) in [6.45, 7) is 6.60. The van der Waals surface area contributed by atoms with Gasteiger partial charge in [-0.3, -0.25) is 0 Å². The van der Waals surface area contributed by atoms with Crippen LogP contribution in [0.1, 0.15) is 32.6 Å². The van der Waals surface area contributed by atoms with Crippen LogP contribution in [-0.4, -0.2) is 38.4 Å². The van der Waals surface area contributed by atoms with Crippen LogP contribution in [0.5, 0.6) is 0 Å². The summed E-state index contributed by atoms with van der Waals surface area (Å²) >= 11 is 0. The highest BCUT2D eigenvalue weighted by Gasteiger charge is 2.23. The molecular formula is C12H24N2O. The van der Waals surface area contributed by atoms with Crippen LogP contribution in [0.4, 0.5) is 0 Å². The summed E-state index contributed by atoms with van der Waals surface area (Å²) in [7, 11) is 0. The first-order valence-electron chi connectivity index (χ1n) is 6.41. The molecule has 88 valence electrons. The van der Waals surface area contributed by atoms with Gasteiger partial charge in [-0.2, -0.15) is 0 Å². The molecule has 0 aromatic carbocycles. The third kappa shape index (κ3) is 3.44.